The van der Waals surface area contributed by atoms with Crippen LogP contribution in [0.1, 0.15) is 34.6 Å². The lowest BCUT2D eigenvalue weighted by Gasteiger charge is -2.11. The smallest absolute Gasteiger partial charge is 0.341 e. The third-order valence-electron chi connectivity index (χ3n) is 3.53. The molecule has 0 aliphatic heterocycles. The van der Waals surface area contributed by atoms with E-state index in [1.807, 2.05) is 13.0 Å². The van der Waals surface area contributed by atoms with Crippen LogP contribution in [0.3, 0.4) is 0 Å². The molecule has 0 bridgehead atoms. The van der Waals surface area contributed by atoms with Crippen LogP contribution in [0.4, 0.5) is 5.00 Å². The molecule has 142 valence electrons. The van der Waals surface area contributed by atoms with Gasteiger partial charge >= 0.3 is 5.97 Å². The van der Waals surface area contributed by atoms with Crippen LogP contribution in [-0.2, 0) is 16.0 Å². The summed E-state index contributed by atoms with van der Waals surface area (Å²) in [6.07, 6.45) is 0.742. The van der Waals surface area contributed by atoms with E-state index in [9.17, 15) is 9.59 Å². The van der Waals surface area contributed by atoms with Gasteiger partial charge in [-0.2, -0.15) is 5.26 Å². The Morgan fingerprint density at radius 2 is 2.00 bits per heavy atom. The molecule has 8 heteroatoms. The number of hydrogen-bond acceptors (Lipinski definition) is 7. The lowest BCUT2D eigenvalue weighted by atomic mass is 10.2. The zero-order chi connectivity index (χ0) is 19.8. The van der Waals surface area contributed by atoms with Gasteiger partial charge in [0.1, 0.15) is 5.00 Å². The molecule has 7 nitrogen and oxygen atoms in total. The Balaban J connectivity index is 2.07. The Kier molecular flexibility index (Phi) is 7.20. The Hall–Kier alpha value is -3.05. The van der Waals surface area contributed by atoms with Gasteiger partial charge in [0.15, 0.2) is 18.1 Å². The molecular weight excluding hydrogens is 368 g/mol. The van der Waals surface area contributed by atoms with Crippen LogP contribution >= 0.6 is 11.3 Å². The molecule has 0 spiro atoms. The summed E-state index contributed by atoms with van der Waals surface area (Å²) in [6, 6.07) is 8.39. The van der Waals surface area contributed by atoms with Crippen molar-refractivity contribution in [3.05, 3.63) is 40.3 Å². The number of aryl methyl sites for hydroxylation is 1. The number of amides is 1. The van der Waals surface area contributed by atoms with Crippen LogP contribution in [0.15, 0.2) is 24.3 Å². The standard InChI is InChI=1S/C19H20N2O5S/c1-4-13-9-14(19(23)25-5-2)18(27-13)21-17(22)11-26-15-7-6-12(10-20)8-16(15)24-3/h6-9H,4-5,11H2,1-3H3,(H,21,22). The number of carbonyl (C=O) groups is 2. The molecule has 1 aromatic heterocycles. The van der Waals surface area contributed by atoms with Gasteiger partial charge in [-0.25, -0.2) is 4.79 Å². The number of nitrogens with one attached hydrogen (secondary N) is 1. The maximum Gasteiger partial charge on any atom is 0.341 e. The van der Waals surface area contributed by atoms with Crippen molar-refractivity contribution in [2.24, 2.45) is 0 Å². The second-order valence-electron chi connectivity index (χ2n) is 5.34. The lowest BCUT2D eigenvalue weighted by Crippen LogP contribution is -2.21. The normalized spacial score (nSPS) is 10.0. The van der Waals surface area contributed by atoms with E-state index < -0.39 is 11.9 Å². The molecule has 1 N–H and O–H groups in total. The predicted octanol–water partition coefficient (Wildman–Crippen LogP) is 3.38. The van der Waals surface area contributed by atoms with Crippen LogP contribution in [0.5, 0.6) is 11.5 Å². The van der Waals surface area contributed by atoms with Crippen molar-refractivity contribution < 1.29 is 23.8 Å². The SMILES string of the molecule is CCOC(=O)c1cc(CC)sc1NC(=O)COc1ccc(C#N)cc1OC. The molecule has 1 amide bonds. The predicted molar refractivity (Wildman–Crippen MR) is 101 cm³/mol. The highest BCUT2D eigenvalue weighted by molar-refractivity contribution is 7.16. The van der Waals surface area contributed by atoms with Crippen molar-refractivity contribution in [3.8, 4) is 17.6 Å². The molecule has 0 unspecified atom stereocenters. The summed E-state index contributed by atoms with van der Waals surface area (Å²) < 4.78 is 15.7. The van der Waals surface area contributed by atoms with Gasteiger partial charge in [-0.3, -0.25) is 4.79 Å². The Morgan fingerprint density at radius 3 is 2.63 bits per heavy atom. The van der Waals surface area contributed by atoms with Crippen molar-refractivity contribution in [1.29, 1.82) is 5.26 Å². The van der Waals surface area contributed by atoms with Gasteiger partial charge in [-0.15, -0.1) is 11.3 Å². The summed E-state index contributed by atoms with van der Waals surface area (Å²) in [7, 11) is 1.45. The summed E-state index contributed by atoms with van der Waals surface area (Å²) in [5.41, 5.74) is 0.761. The largest absolute Gasteiger partial charge is 0.493 e. The second-order valence-corrected chi connectivity index (χ2v) is 6.48. The zero-order valence-electron chi connectivity index (χ0n) is 15.3. The Labute approximate surface area is 161 Å². The van der Waals surface area contributed by atoms with Crippen molar-refractivity contribution in [2.45, 2.75) is 20.3 Å². The number of ether oxygens (including phenoxy) is 3. The molecule has 2 rings (SSSR count). The minimum atomic E-state index is -0.474. The molecule has 0 saturated heterocycles. The van der Waals surface area contributed by atoms with Crippen molar-refractivity contribution in [1.82, 2.24) is 0 Å². The second kappa shape index (κ2) is 9.59. The first kappa shape index (κ1) is 20.3. The van der Waals surface area contributed by atoms with E-state index >= 15 is 0 Å². The van der Waals surface area contributed by atoms with Crippen LogP contribution in [0.25, 0.3) is 0 Å². The molecule has 1 heterocycles. The monoisotopic (exact) mass is 388 g/mol. The number of thiophene rings is 1. The van der Waals surface area contributed by atoms with Gasteiger partial charge in [-0.1, -0.05) is 6.92 Å². The van der Waals surface area contributed by atoms with Crippen LogP contribution in [0.2, 0.25) is 0 Å². The first-order valence-corrected chi connectivity index (χ1v) is 9.14. The van der Waals surface area contributed by atoms with Gasteiger partial charge in [0.05, 0.1) is 30.9 Å². The van der Waals surface area contributed by atoms with Crippen molar-refractivity contribution in [3.63, 3.8) is 0 Å². The molecular formula is C19H20N2O5S. The number of esters is 1. The topological polar surface area (TPSA) is 97.6 Å². The van der Waals surface area contributed by atoms with Crippen LogP contribution < -0.4 is 14.8 Å². The number of carbonyl (C=O) groups excluding carboxylic acids is 2. The van der Waals surface area contributed by atoms with E-state index in [4.69, 9.17) is 19.5 Å². The molecule has 0 atom stereocenters. The zero-order valence-corrected chi connectivity index (χ0v) is 16.1. The number of nitriles is 1. The Morgan fingerprint density at radius 1 is 1.22 bits per heavy atom. The van der Waals surface area contributed by atoms with Crippen LogP contribution in [-0.4, -0.2) is 32.2 Å². The summed E-state index contributed by atoms with van der Waals surface area (Å²) in [6.45, 7) is 3.67. The summed E-state index contributed by atoms with van der Waals surface area (Å²) >= 11 is 1.33. The van der Waals surface area contributed by atoms with E-state index in [0.29, 0.717) is 27.6 Å². The first-order chi connectivity index (χ1) is 13.0. The quantitative estimate of drug-likeness (QED) is 0.696. The molecule has 0 aliphatic carbocycles. The van der Waals surface area contributed by atoms with Crippen molar-refractivity contribution >= 4 is 28.2 Å². The molecule has 1 aromatic carbocycles. The Bertz CT molecular complexity index is 869. The average molecular weight is 388 g/mol. The highest BCUT2D eigenvalue weighted by atomic mass is 32.1. The van der Waals surface area contributed by atoms with E-state index in [2.05, 4.69) is 5.32 Å². The van der Waals surface area contributed by atoms with Gasteiger partial charge in [-0.05, 0) is 31.5 Å². The highest BCUT2D eigenvalue weighted by Gasteiger charge is 2.19. The fraction of sp³-hybridized carbons (Fsp3) is 0.316. The average Bonchev–Trinajstić information content (AvgIpc) is 3.09. The summed E-state index contributed by atoms with van der Waals surface area (Å²) in [4.78, 5) is 25.3. The molecule has 2 aromatic rings. The lowest BCUT2D eigenvalue weighted by molar-refractivity contribution is -0.118. The number of hydrogen-bond donors (Lipinski definition) is 1. The van der Waals surface area contributed by atoms with E-state index in [1.165, 1.54) is 24.5 Å². The third-order valence-corrected chi connectivity index (χ3v) is 4.73. The minimum absolute atomic E-state index is 0.255. The maximum atomic E-state index is 12.3. The third kappa shape index (κ3) is 5.21. The maximum absolute atomic E-state index is 12.3. The fourth-order valence-corrected chi connectivity index (χ4v) is 3.23. The number of nitrogens with zero attached hydrogens (tertiary/aromatic N) is 1. The van der Waals surface area contributed by atoms with Gasteiger partial charge in [0, 0.05) is 10.9 Å². The van der Waals surface area contributed by atoms with Gasteiger partial charge in [0.25, 0.3) is 5.91 Å². The van der Waals surface area contributed by atoms with Gasteiger partial charge in [0.2, 0.25) is 0 Å². The molecule has 0 radical (unpaired) electrons. The fourth-order valence-electron chi connectivity index (χ4n) is 2.23. The van der Waals surface area contributed by atoms with E-state index in [1.54, 1.807) is 25.1 Å². The van der Waals surface area contributed by atoms with Crippen LogP contribution in [0, 0.1) is 11.3 Å². The number of rotatable bonds is 8. The highest BCUT2D eigenvalue weighted by Crippen LogP contribution is 2.30. The van der Waals surface area contributed by atoms with E-state index in [0.717, 1.165) is 11.3 Å². The minimum Gasteiger partial charge on any atom is -0.493 e. The van der Waals surface area contributed by atoms with Gasteiger partial charge < -0.3 is 19.5 Å². The number of anilines is 1. The van der Waals surface area contributed by atoms with E-state index in [-0.39, 0.29) is 13.2 Å². The summed E-state index contributed by atoms with van der Waals surface area (Å²) in [5, 5.41) is 12.0. The molecule has 0 aliphatic rings. The molecule has 0 fully saturated rings. The molecule has 27 heavy (non-hydrogen) atoms. The summed E-state index contributed by atoms with van der Waals surface area (Å²) in [5.74, 6) is -0.189. The first-order valence-electron chi connectivity index (χ1n) is 8.32. The molecule has 0 saturated carbocycles. The number of methoxy groups -OCH3 is 1. The van der Waals surface area contributed by atoms with Crippen molar-refractivity contribution in [2.75, 3.05) is 25.6 Å². The number of benzene rings is 1.